The molecule has 0 aromatic carbocycles. The van der Waals surface area contributed by atoms with Crippen molar-refractivity contribution in [1.82, 2.24) is 9.80 Å². The van der Waals surface area contributed by atoms with Crippen LogP contribution >= 0.6 is 12.2 Å². The van der Waals surface area contributed by atoms with Crippen LogP contribution < -0.4 is 0 Å². The average molecular weight is 258 g/mol. The SMILES string of the molecule is CCC(=S)N1CCN(C(=O)OC(C)(C)C)CC1. The third-order valence-corrected chi connectivity index (χ3v) is 3.13. The maximum absolute atomic E-state index is 11.8. The molecule has 98 valence electrons. The van der Waals surface area contributed by atoms with Gasteiger partial charge in [-0.3, -0.25) is 0 Å². The summed E-state index contributed by atoms with van der Waals surface area (Å²) in [5.74, 6) is 0. The number of thiocarbonyl (C=S) groups is 1. The molecule has 0 unspecified atom stereocenters. The van der Waals surface area contributed by atoms with Crippen LogP contribution in [0.15, 0.2) is 0 Å². The zero-order valence-corrected chi connectivity index (χ0v) is 12.0. The lowest BCUT2D eigenvalue weighted by Crippen LogP contribution is -2.51. The Balaban J connectivity index is 2.42. The molecule has 1 amide bonds. The molecule has 1 rings (SSSR count). The second-order valence-electron chi connectivity index (χ2n) is 5.20. The van der Waals surface area contributed by atoms with Gasteiger partial charge < -0.3 is 14.5 Å². The molecule has 0 aromatic heterocycles. The van der Waals surface area contributed by atoms with E-state index in [2.05, 4.69) is 11.8 Å². The van der Waals surface area contributed by atoms with E-state index in [4.69, 9.17) is 17.0 Å². The van der Waals surface area contributed by atoms with E-state index < -0.39 is 5.60 Å². The Morgan fingerprint density at radius 1 is 1.18 bits per heavy atom. The molecule has 0 bridgehead atoms. The van der Waals surface area contributed by atoms with E-state index in [-0.39, 0.29) is 6.09 Å². The van der Waals surface area contributed by atoms with Crippen molar-refractivity contribution in [2.75, 3.05) is 26.2 Å². The van der Waals surface area contributed by atoms with Gasteiger partial charge >= 0.3 is 6.09 Å². The molecule has 1 fully saturated rings. The largest absolute Gasteiger partial charge is 0.444 e. The number of hydrogen-bond acceptors (Lipinski definition) is 3. The molecule has 1 saturated heterocycles. The lowest BCUT2D eigenvalue weighted by molar-refractivity contribution is 0.0187. The summed E-state index contributed by atoms with van der Waals surface area (Å²) in [7, 11) is 0. The molecular formula is C12H22N2O2S. The molecule has 1 aliphatic heterocycles. The van der Waals surface area contributed by atoms with Crippen LogP contribution in [0.3, 0.4) is 0 Å². The monoisotopic (exact) mass is 258 g/mol. The molecule has 0 aliphatic carbocycles. The first-order valence-electron chi connectivity index (χ1n) is 6.09. The van der Waals surface area contributed by atoms with E-state index in [1.807, 2.05) is 20.8 Å². The highest BCUT2D eigenvalue weighted by Crippen LogP contribution is 2.12. The third kappa shape index (κ3) is 4.50. The van der Waals surface area contributed by atoms with Crippen LogP contribution in [0.4, 0.5) is 4.79 Å². The van der Waals surface area contributed by atoms with Gasteiger partial charge in [-0.2, -0.15) is 0 Å². The maximum Gasteiger partial charge on any atom is 0.410 e. The Labute approximate surface area is 109 Å². The number of hydrogen-bond donors (Lipinski definition) is 0. The minimum Gasteiger partial charge on any atom is -0.444 e. The van der Waals surface area contributed by atoms with Crippen LogP contribution in [0.2, 0.25) is 0 Å². The molecule has 1 heterocycles. The molecule has 0 N–H and O–H groups in total. The molecule has 0 atom stereocenters. The third-order valence-electron chi connectivity index (χ3n) is 2.59. The zero-order valence-electron chi connectivity index (χ0n) is 11.2. The Bertz CT molecular complexity index is 291. The Kier molecular flexibility index (Phi) is 4.74. The first-order valence-corrected chi connectivity index (χ1v) is 6.50. The lowest BCUT2D eigenvalue weighted by atomic mass is 10.2. The van der Waals surface area contributed by atoms with Crippen LogP contribution in [0.25, 0.3) is 0 Å². The molecule has 5 heteroatoms. The highest BCUT2D eigenvalue weighted by Gasteiger charge is 2.26. The van der Waals surface area contributed by atoms with Crippen molar-refractivity contribution in [2.24, 2.45) is 0 Å². The van der Waals surface area contributed by atoms with E-state index >= 15 is 0 Å². The van der Waals surface area contributed by atoms with E-state index in [9.17, 15) is 4.79 Å². The quantitative estimate of drug-likeness (QED) is 0.676. The van der Waals surface area contributed by atoms with Gasteiger partial charge in [-0.1, -0.05) is 19.1 Å². The lowest BCUT2D eigenvalue weighted by Gasteiger charge is -2.36. The Morgan fingerprint density at radius 3 is 2.06 bits per heavy atom. The molecule has 0 saturated carbocycles. The number of piperazine rings is 1. The number of rotatable bonds is 1. The summed E-state index contributed by atoms with van der Waals surface area (Å²) in [6, 6.07) is 0. The summed E-state index contributed by atoms with van der Waals surface area (Å²) in [4.78, 5) is 16.7. The van der Waals surface area contributed by atoms with Crippen molar-refractivity contribution in [2.45, 2.75) is 39.7 Å². The number of carbonyl (C=O) groups excluding carboxylic acids is 1. The van der Waals surface area contributed by atoms with E-state index in [0.29, 0.717) is 13.1 Å². The van der Waals surface area contributed by atoms with Crippen molar-refractivity contribution in [3.8, 4) is 0 Å². The minimum absolute atomic E-state index is 0.223. The van der Waals surface area contributed by atoms with Gasteiger partial charge in [-0.15, -0.1) is 0 Å². The van der Waals surface area contributed by atoms with Gasteiger partial charge in [0.25, 0.3) is 0 Å². The standard InChI is InChI=1S/C12H22N2O2S/c1-5-10(17)13-6-8-14(9-7-13)11(15)16-12(2,3)4/h5-9H2,1-4H3. The first-order chi connectivity index (χ1) is 7.83. The van der Waals surface area contributed by atoms with Crippen LogP contribution in [0, 0.1) is 0 Å². The van der Waals surface area contributed by atoms with Gasteiger partial charge in [0, 0.05) is 26.2 Å². The van der Waals surface area contributed by atoms with Gasteiger partial charge in [-0.05, 0) is 27.2 Å². The smallest absolute Gasteiger partial charge is 0.410 e. The molecule has 0 aromatic rings. The number of amides is 1. The summed E-state index contributed by atoms with van der Waals surface area (Å²) in [5, 5.41) is 0. The van der Waals surface area contributed by atoms with Crippen molar-refractivity contribution >= 4 is 23.3 Å². The van der Waals surface area contributed by atoms with Crippen LogP contribution in [0.1, 0.15) is 34.1 Å². The second kappa shape index (κ2) is 5.67. The van der Waals surface area contributed by atoms with Gasteiger partial charge in [0.1, 0.15) is 5.60 Å². The van der Waals surface area contributed by atoms with Gasteiger partial charge in [0.2, 0.25) is 0 Å². The van der Waals surface area contributed by atoms with Gasteiger partial charge in [0.15, 0.2) is 0 Å². The summed E-state index contributed by atoms with van der Waals surface area (Å²) < 4.78 is 5.33. The average Bonchev–Trinajstić information content (AvgIpc) is 2.26. The topological polar surface area (TPSA) is 32.8 Å². The van der Waals surface area contributed by atoms with E-state index in [0.717, 1.165) is 24.5 Å². The van der Waals surface area contributed by atoms with Crippen molar-refractivity contribution < 1.29 is 9.53 Å². The predicted molar refractivity (Wildman–Crippen MR) is 72.3 cm³/mol. The summed E-state index contributed by atoms with van der Waals surface area (Å²) in [6.45, 7) is 10.7. The molecule has 17 heavy (non-hydrogen) atoms. The summed E-state index contributed by atoms with van der Waals surface area (Å²) in [5.41, 5.74) is -0.424. The van der Waals surface area contributed by atoms with Gasteiger partial charge in [0.05, 0.1) is 4.99 Å². The first kappa shape index (κ1) is 14.2. The maximum atomic E-state index is 11.8. The zero-order chi connectivity index (χ0) is 13.1. The Morgan fingerprint density at radius 2 is 1.65 bits per heavy atom. The molecule has 1 aliphatic rings. The normalized spacial score (nSPS) is 16.9. The Hall–Kier alpha value is -0.840. The van der Waals surface area contributed by atoms with Crippen molar-refractivity contribution in [3.63, 3.8) is 0 Å². The fourth-order valence-corrected chi connectivity index (χ4v) is 1.87. The van der Waals surface area contributed by atoms with E-state index in [1.54, 1.807) is 4.90 Å². The van der Waals surface area contributed by atoms with Crippen molar-refractivity contribution in [1.29, 1.82) is 0 Å². The molecule has 0 radical (unpaired) electrons. The summed E-state index contributed by atoms with van der Waals surface area (Å²) >= 11 is 5.26. The van der Waals surface area contributed by atoms with Crippen molar-refractivity contribution in [3.05, 3.63) is 0 Å². The number of nitrogens with zero attached hydrogens (tertiary/aromatic N) is 2. The number of ether oxygens (including phenoxy) is 1. The predicted octanol–water partition coefficient (Wildman–Crippen LogP) is 2.28. The van der Waals surface area contributed by atoms with E-state index in [1.165, 1.54) is 0 Å². The van der Waals surface area contributed by atoms with Gasteiger partial charge in [-0.25, -0.2) is 4.79 Å². The highest BCUT2D eigenvalue weighted by atomic mass is 32.1. The minimum atomic E-state index is -0.424. The highest BCUT2D eigenvalue weighted by molar-refractivity contribution is 7.80. The fourth-order valence-electron chi connectivity index (χ4n) is 1.69. The van der Waals surface area contributed by atoms with Crippen LogP contribution in [-0.4, -0.2) is 52.7 Å². The molecule has 0 spiro atoms. The second-order valence-corrected chi connectivity index (χ2v) is 5.67. The summed E-state index contributed by atoms with van der Waals surface area (Å²) in [6.07, 6.45) is 0.668. The molecular weight excluding hydrogens is 236 g/mol. The van der Waals surface area contributed by atoms with Crippen LogP contribution in [0.5, 0.6) is 0 Å². The fraction of sp³-hybridized carbons (Fsp3) is 0.833. The molecule has 4 nitrogen and oxygen atoms in total. The number of carbonyl (C=O) groups is 1. The van der Waals surface area contributed by atoms with Crippen LogP contribution in [-0.2, 0) is 4.74 Å².